The van der Waals surface area contributed by atoms with Crippen molar-refractivity contribution in [2.24, 2.45) is 0 Å². The topological polar surface area (TPSA) is 80.1 Å². The number of nitrogens with zero attached hydrogens (tertiary/aromatic N) is 4. The highest BCUT2D eigenvalue weighted by atomic mass is 16.2. The second-order valence-corrected chi connectivity index (χ2v) is 6.16. The first kappa shape index (κ1) is 17.6. The second kappa shape index (κ2) is 7.77. The van der Waals surface area contributed by atoms with Gasteiger partial charge in [0.25, 0.3) is 5.56 Å². The van der Waals surface area contributed by atoms with E-state index in [9.17, 15) is 9.59 Å². The van der Waals surface area contributed by atoms with Gasteiger partial charge in [0.2, 0.25) is 5.91 Å². The zero-order valence-electron chi connectivity index (χ0n) is 14.8. The standard InChI is InChI=1S/C19H21N5O2/c1-23(2)18-19(26)24(16-6-4-3-5-15(16)22-18)12-9-17(25)21-13-14-7-10-20-11-8-14/h3-8,10-11H,9,12-13H2,1-2H3,(H,21,25). The Morgan fingerprint density at radius 1 is 1.15 bits per heavy atom. The third-order valence-electron chi connectivity index (χ3n) is 4.06. The Balaban J connectivity index is 1.76. The van der Waals surface area contributed by atoms with Gasteiger partial charge in [0, 0.05) is 46.0 Å². The van der Waals surface area contributed by atoms with Crippen LogP contribution in [-0.4, -0.2) is 34.5 Å². The molecule has 1 amide bonds. The molecule has 2 aromatic heterocycles. The van der Waals surface area contributed by atoms with Gasteiger partial charge in [0.1, 0.15) is 0 Å². The molecular weight excluding hydrogens is 330 g/mol. The maximum absolute atomic E-state index is 12.7. The monoisotopic (exact) mass is 351 g/mol. The fourth-order valence-corrected chi connectivity index (χ4v) is 2.70. The summed E-state index contributed by atoms with van der Waals surface area (Å²) in [5.41, 5.74) is 2.24. The summed E-state index contributed by atoms with van der Waals surface area (Å²) >= 11 is 0. The molecule has 0 unspecified atom stereocenters. The number of carbonyl (C=O) groups is 1. The Bertz CT molecular complexity index is 967. The number of anilines is 1. The van der Waals surface area contributed by atoms with Gasteiger partial charge in [-0.25, -0.2) is 4.98 Å². The average molecular weight is 351 g/mol. The van der Waals surface area contributed by atoms with Crippen LogP contribution in [0.5, 0.6) is 0 Å². The number of hydrogen-bond acceptors (Lipinski definition) is 5. The number of para-hydroxylation sites is 2. The quantitative estimate of drug-likeness (QED) is 0.729. The van der Waals surface area contributed by atoms with Crippen molar-refractivity contribution in [3.05, 3.63) is 64.7 Å². The maximum Gasteiger partial charge on any atom is 0.293 e. The highest BCUT2D eigenvalue weighted by Gasteiger charge is 2.13. The van der Waals surface area contributed by atoms with E-state index in [0.717, 1.165) is 16.6 Å². The lowest BCUT2D eigenvalue weighted by Crippen LogP contribution is -2.31. The number of rotatable bonds is 6. The number of amides is 1. The molecule has 26 heavy (non-hydrogen) atoms. The molecule has 0 saturated heterocycles. The lowest BCUT2D eigenvalue weighted by Gasteiger charge is -2.16. The summed E-state index contributed by atoms with van der Waals surface area (Å²) < 4.78 is 1.61. The fraction of sp³-hybridized carbons (Fsp3) is 0.263. The van der Waals surface area contributed by atoms with Crippen molar-refractivity contribution < 1.29 is 4.79 Å². The molecule has 3 rings (SSSR count). The van der Waals surface area contributed by atoms with Crippen LogP contribution in [0.25, 0.3) is 11.0 Å². The Morgan fingerprint density at radius 3 is 2.62 bits per heavy atom. The zero-order chi connectivity index (χ0) is 18.5. The van der Waals surface area contributed by atoms with Crippen LogP contribution in [0, 0.1) is 0 Å². The summed E-state index contributed by atoms with van der Waals surface area (Å²) in [6.07, 6.45) is 3.59. The highest BCUT2D eigenvalue weighted by Crippen LogP contribution is 2.13. The molecule has 0 bridgehead atoms. The number of aromatic nitrogens is 3. The van der Waals surface area contributed by atoms with Crippen molar-refractivity contribution in [1.82, 2.24) is 19.9 Å². The van der Waals surface area contributed by atoms with Crippen LogP contribution >= 0.6 is 0 Å². The van der Waals surface area contributed by atoms with Gasteiger partial charge in [-0.05, 0) is 29.8 Å². The number of nitrogens with one attached hydrogen (secondary N) is 1. The number of fused-ring (bicyclic) bond motifs is 1. The van der Waals surface area contributed by atoms with Gasteiger partial charge < -0.3 is 14.8 Å². The molecule has 0 aliphatic rings. The van der Waals surface area contributed by atoms with E-state index in [1.54, 1.807) is 36.0 Å². The molecule has 7 heteroatoms. The van der Waals surface area contributed by atoms with E-state index in [0.29, 0.717) is 18.9 Å². The molecule has 134 valence electrons. The van der Waals surface area contributed by atoms with Crippen molar-refractivity contribution in [1.29, 1.82) is 0 Å². The first-order chi connectivity index (χ1) is 12.6. The summed E-state index contributed by atoms with van der Waals surface area (Å²) in [5, 5.41) is 2.87. The van der Waals surface area contributed by atoms with Crippen molar-refractivity contribution >= 4 is 22.8 Å². The van der Waals surface area contributed by atoms with E-state index >= 15 is 0 Å². The number of carbonyl (C=O) groups excluding carboxylic acids is 1. The Labute approximate surface area is 151 Å². The summed E-state index contributed by atoms with van der Waals surface area (Å²) in [4.78, 5) is 35.0. The van der Waals surface area contributed by atoms with E-state index in [4.69, 9.17) is 0 Å². The van der Waals surface area contributed by atoms with Crippen LogP contribution < -0.4 is 15.8 Å². The van der Waals surface area contributed by atoms with E-state index in [2.05, 4.69) is 15.3 Å². The van der Waals surface area contributed by atoms with Gasteiger partial charge in [-0.15, -0.1) is 0 Å². The molecule has 0 atom stereocenters. The lowest BCUT2D eigenvalue weighted by molar-refractivity contribution is -0.121. The molecule has 0 aliphatic heterocycles. The smallest absolute Gasteiger partial charge is 0.293 e. The van der Waals surface area contributed by atoms with E-state index in [-0.39, 0.29) is 17.9 Å². The third-order valence-corrected chi connectivity index (χ3v) is 4.06. The van der Waals surface area contributed by atoms with Crippen molar-refractivity contribution in [2.45, 2.75) is 19.5 Å². The highest BCUT2D eigenvalue weighted by molar-refractivity contribution is 5.78. The minimum Gasteiger partial charge on any atom is -0.358 e. The summed E-state index contributed by atoms with van der Waals surface area (Å²) in [5.74, 6) is 0.252. The Morgan fingerprint density at radius 2 is 1.88 bits per heavy atom. The molecule has 0 fully saturated rings. The lowest BCUT2D eigenvalue weighted by atomic mass is 10.2. The van der Waals surface area contributed by atoms with Gasteiger partial charge in [0.15, 0.2) is 5.82 Å². The minimum absolute atomic E-state index is 0.110. The largest absolute Gasteiger partial charge is 0.358 e. The molecule has 0 aliphatic carbocycles. The fourth-order valence-electron chi connectivity index (χ4n) is 2.70. The molecule has 3 aromatic rings. The average Bonchev–Trinajstić information content (AvgIpc) is 2.66. The SMILES string of the molecule is CN(C)c1nc2ccccc2n(CCC(=O)NCc2ccncc2)c1=O. The third kappa shape index (κ3) is 3.88. The van der Waals surface area contributed by atoms with Crippen LogP contribution in [0.15, 0.2) is 53.6 Å². The van der Waals surface area contributed by atoms with E-state index in [1.165, 1.54) is 0 Å². The molecule has 0 saturated carbocycles. The molecule has 0 spiro atoms. The molecular formula is C19H21N5O2. The van der Waals surface area contributed by atoms with E-state index < -0.39 is 0 Å². The van der Waals surface area contributed by atoms with Gasteiger partial charge in [-0.3, -0.25) is 14.6 Å². The molecule has 0 radical (unpaired) electrons. The van der Waals surface area contributed by atoms with Crippen LogP contribution in [0.2, 0.25) is 0 Å². The Kier molecular flexibility index (Phi) is 5.26. The normalized spacial score (nSPS) is 10.7. The summed E-state index contributed by atoms with van der Waals surface area (Å²) in [6, 6.07) is 11.2. The summed E-state index contributed by atoms with van der Waals surface area (Å²) in [6.45, 7) is 0.737. The first-order valence-corrected chi connectivity index (χ1v) is 8.39. The zero-order valence-corrected chi connectivity index (χ0v) is 14.8. The van der Waals surface area contributed by atoms with Gasteiger partial charge in [0.05, 0.1) is 11.0 Å². The number of pyridine rings is 1. The first-order valence-electron chi connectivity index (χ1n) is 8.39. The summed E-state index contributed by atoms with van der Waals surface area (Å²) in [7, 11) is 3.56. The number of hydrogen-bond donors (Lipinski definition) is 1. The maximum atomic E-state index is 12.7. The van der Waals surface area contributed by atoms with Gasteiger partial charge in [-0.2, -0.15) is 0 Å². The van der Waals surface area contributed by atoms with E-state index in [1.807, 2.05) is 36.4 Å². The van der Waals surface area contributed by atoms with Gasteiger partial charge >= 0.3 is 0 Å². The van der Waals surface area contributed by atoms with Gasteiger partial charge in [-0.1, -0.05) is 12.1 Å². The van der Waals surface area contributed by atoms with Crippen LogP contribution in [0.4, 0.5) is 5.82 Å². The van der Waals surface area contributed by atoms with Crippen LogP contribution in [-0.2, 0) is 17.9 Å². The predicted octanol–water partition coefficient (Wildman–Crippen LogP) is 1.56. The number of benzene rings is 1. The molecule has 1 aromatic carbocycles. The molecule has 1 N–H and O–H groups in total. The minimum atomic E-state index is -0.198. The predicted molar refractivity (Wildman–Crippen MR) is 101 cm³/mol. The number of aryl methyl sites for hydroxylation is 1. The second-order valence-electron chi connectivity index (χ2n) is 6.16. The van der Waals surface area contributed by atoms with Crippen LogP contribution in [0.3, 0.4) is 0 Å². The van der Waals surface area contributed by atoms with Crippen LogP contribution in [0.1, 0.15) is 12.0 Å². The van der Waals surface area contributed by atoms with Crippen molar-refractivity contribution in [2.75, 3.05) is 19.0 Å². The Hall–Kier alpha value is -3.22. The van der Waals surface area contributed by atoms with Crippen molar-refractivity contribution in [3.63, 3.8) is 0 Å². The molecule has 7 nitrogen and oxygen atoms in total. The molecule has 2 heterocycles. The van der Waals surface area contributed by atoms with Crippen molar-refractivity contribution in [3.8, 4) is 0 Å².